The van der Waals surface area contributed by atoms with E-state index in [0.717, 1.165) is 17.5 Å². The number of amides is 1. The number of hydrogen-bond acceptors (Lipinski definition) is 2. The van der Waals surface area contributed by atoms with Crippen molar-refractivity contribution in [2.45, 2.75) is 51.2 Å². The van der Waals surface area contributed by atoms with Crippen molar-refractivity contribution in [2.24, 2.45) is 5.92 Å². The molecule has 1 atom stereocenters. The van der Waals surface area contributed by atoms with Gasteiger partial charge in [-0.2, -0.15) is 13.2 Å². The minimum Gasteiger partial charge on any atom is -0.334 e. The van der Waals surface area contributed by atoms with E-state index >= 15 is 0 Å². The summed E-state index contributed by atoms with van der Waals surface area (Å²) >= 11 is 0. The third kappa shape index (κ3) is 7.29. The van der Waals surface area contributed by atoms with Crippen LogP contribution < -0.4 is 0 Å². The Hall–Kier alpha value is -2.41. The van der Waals surface area contributed by atoms with Crippen LogP contribution in [0.5, 0.6) is 0 Å². The number of alkyl halides is 3. The van der Waals surface area contributed by atoms with E-state index in [4.69, 9.17) is 0 Å². The maximum Gasteiger partial charge on any atom is 0.391 e. The highest BCUT2D eigenvalue weighted by Gasteiger charge is 2.41. The van der Waals surface area contributed by atoms with Gasteiger partial charge in [-0.05, 0) is 62.0 Å². The minimum atomic E-state index is -4.13. The molecule has 3 nitrogen and oxygen atoms in total. The Labute approximate surface area is 193 Å². The first-order valence-corrected chi connectivity index (χ1v) is 11.7. The lowest BCUT2D eigenvalue weighted by atomic mass is 9.96. The second kappa shape index (κ2) is 11.6. The molecule has 0 aliphatic carbocycles. The van der Waals surface area contributed by atoms with E-state index in [-0.39, 0.29) is 30.6 Å². The maximum absolute atomic E-state index is 13.3. The Morgan fingerprint density at radius 1 is 1.06 bits per heavy atom. The van der Waals surface area contributed by atoms with Gasteiger partial charge < -0.3 is 9.80 Å². The fourth-order valence-electron chi connectivity index (χ4n) is 4.54. The van der Waals surface area contributed by atoms with Crippen LogP contribution in [0.3, 0.4) is 0 Å². The smallest absolute Gasteiger partial charge is 0.334 e. The number of likely N-dealkylation sites (tertiary alicyclic amines) is 1. The molecule has 1 amide bonds. The van der Waals surface area contributed by atoms with Gasteiger partial charge in [0.25, 0.3) is 0 Å². The Morgan fingerprint density at radius 3 is 2.27 bits per heavy atom. The third-order valence-corrected chi connectivity index (χ3v) is 6.52. The number of rotatable bonds is 9. The minimum absolute atomic E-state index is 0.000190. The van der Waals surface area contributed by atoms with E-state index in [9.17, 15) is 22.4 Å². The average molecular weight is 465 g/mol. The first-order chi connectivity index (χ1) is 15.8. The summed E-state index contributed by atoms with van der Waals surface area (Å²) in [5, 5.41) is 0. The van der Waals surface area contributed by atoms with Crippen LogP contribution in [-0.2, 0) is 11.2 Å². The summed E-state index contributed by atoms with van der Waals surface area (Å²) in [5.41, 5.74) is 1.94. The summed E-state index contributed by atoms with van der Waals surface area (Å²) in [7, 11) is 0. The number of carbonyl (C=O) groups is 1. The van der Waals surface area contributed by atoms with Gasteiger partial charge in [0.2, 0.25) is 5.91 Å². The van der Waals surface area contributed by atoms with E-state index in [1.54, 1.807) is 12.1 Å². The van der Waals surface area contributed by atoms with Gasteiger partial charge >= 0.3 is 6.18 Å². The molecular weight excluding hydrogens is 432 g/mol. The molecule has 2 aromatic carbocycles. The van der Waals surface area contributed by atoms with E-state index in [1.807, 2.05) is 47.1 Å². The van der Waals surface area contributed by atoms with Gasteiger partial charge in [-0.15, -0.1) is 0 Å². The van der Waals surface area contributed by atoms with E-state index in [2.05, 4.69) is 0 Å². The van der Waals surface area contributed by atoms with Crippen LogP contribution in [-0.4, -0.2) is 48.1 Å². The number of hydrogen-bond donors (Lipinski definition) is 0. The lowest BCUT2D eigenvalue weighted by Gasteiger charge is -2.37. The number of aryl methyl sites for hydroxylation is 1. The monoisotopic (exact) mass is 464 g/mol. The van der Waals surface area contributed by atoms with Gasteiger partial charge in [0.15, 0.2) is 0 Å². The van der Waals surface area contributed by atoms with Gasteiger partial charge in [-0.3, -0.25) is 4.79 Å². The molecule has 0 bridgehead atoms. The van der Waals surface area contributed by atoms with Crippen molar-refractivity contribution in [3.63, 3.8) is 0 Å². The molecule has 0 aromatic heterocycles. The number of nitrogens with zero attached hydrogens (tertiary/aromatic N) is 2. The molecule has 1 aliphatic heterocycles. The predicted molar refractivity (Wildman–Crippen MR) is 121 cm³/mol. The highest BCUT2D eigenvalue weighted by atomic mass is 19.4. The Kier molecular flexibility index (Phi) is 8.89. The van der Waals surface area contributed by atoms with Crippen molar-refractivity contribution in [1.82, 2.24) is 9.80 Å². The molecule has 7 heteroatoms. The highest BCUT2D eigenvalue weighted by Crippen LogP contribution is 2.34. The van der Waals surface area contributed by atoms with E-state index in [1.165, 1.54) is 12.1 Å². The lowest BCUT2D eigenvalue weighted by Crippen LogP contribution is -2.44. The molecule has 1 unspecified atom stereocenters. The number of carbonyl (C=O) groups excluding carboxylic acids is 1. The average Bonchev–Trinajstić information content (AvgIpc) is 2.81. The number of piperidine rings is 1. The van der Waals surface area contributed by atoms with Gasteiger partial charge in [0.1, 0.15) is 5.82 Å². The molecule has 1 heterocycles. The first kappa shape index (κ1) is 25.2. The van der Waals surface area contributed by atoms with Crippen LogP contribution in [0.15, 0.2) is 54.6 Å². The molecule has 1 saturated heterocycles. The van der Waals surface area contributed by atoms with Gasteiger partial charge in [-0.25, -0.2) is 4.39 Å². The Morgan fingerprint density at radius 2 is 1.70 bits per heavy atom. The SMILES string of the molecule is CCC(c1ccccc1)N(CCN1CCC(C(F)(F)F)CC1)C(=O)CCc1ccc(F)cc1. The first-order valence-electron chi connectivity index (χ1n) is 11.7. The van der Waals surface area contributed by atoms with Crippen LogP contribution in [0.2, 0.25) is 0 Å². The van der Waals surface area contributed by atoms with Crippen LogP contribution in [0.4, 0.5) is 17.6 Å². The van der Waals surface area contributed by atoms with Gasteiger partial charge in [-0.1, -0.05) is 49.4 Å². The molecule has 3 rings (SSSR count). The lowest BCUT2D eigenvalue weighted by molar-refractivity contribution is -0.185. The van der Waals surface area contributed by atoms with Crippen molar-refractivity contribution in [3.8, 4) is 0 Å². The maximum atomic E-state index is 13.3. The topological polar surface area (TPSA) is 23.6 Å². The van der Waals surface area contributed by atoms with Crippen LogP contribution >= 0.6 is 0 Å². The molecule has 1 aliphatic rings. The number of halogens is 4. The standard InChI is InChI=1S/C26H32F4N2O/c1-2-24(21-6-4-3-5-7-21)32(25(33)13-10-20-8-11-23(27)12-9-20)19-18-31-16-14-22(15-17-31)26(28,29)30/h3-9,11-12,22,24H,2,10,13-19H2,1H3. The molecule has 180 valence electrons. The van der Waals surface area contributed by atoms with Crippen LogP contribution in [0.25, 0.3) is 0 Å². The molecule has 33 heavy (non-hydrogen) atoms. The second-order valence-electron chi connectivity index (χ2n) is 8.71. The molecular formula is C26H32F4N2O. The van der Waals surface area contributed by atoms with Crippen molar-refractivity contribution < 1.29 is 22.4 Å². The van der Waals surface area contributed by atoms with Crippen LogP contribution in [0, 0.1) is 11.7 Å². The number of benzene rings is 2. The zero-order valence-electron chi connectivity index (χ0n) is 19.0. The summed E-state index contributed by atoms with van der Waals surface area (Å²) in [4.78, 5) is 17.2. The molecule has 1 fully saturated rings. The van der Waals surface area contributed by atoms with E-state index in [0.29, 0.717) is 39.0 Å². The van der Waals surface area contributed by atoms with Crippen LogP contribution in [0.1, 0.15) is 49.8 Å². The largest absolute Gasteiger partial charge is 0.391 e. The van der Waals surface area contributed by atoms with Crippen molar-refractivity contribution in [2.75, 3.05) is 26.2 Å². The summed E-state index contributed by atoms with van der Waals surface area (Å²) in [6, 6.07) is 15.9. The Balaban J connectivity index is 1.66. The zero-order valence-corrected chi connectivity index (χ0v) is 19.0. The molecule has 0 spiro atoms. The highest BCUT2D eigenvalue weighted by molar-refractivity contribution is 5.77. The molecule has 0 N–H and O–H groups in total. The molecule has 0 saturated carbocycles. The fourth-order valence-corrected chi connectivity index (χ4v) is 4.54. The fraction of sp³-hybridized carbons (Fsp3) is 0.500. The third-order valence-electron chi connectivity index (χ3n) is 6.52. The summed E-state index contributed by atoms with van der Waals surface area (Å²) in [5.74, 6) is -1.54. The van der Waals surface area contributed by atoms with Crippen molar-refractivity contribution in [1.29, 1.82) is 0 Å². The van der Waals surface area contributed by atoms with E-state index < -0.39 is 12.1 Å². The predicted octanol–water partition coefficient (Wildman–Crippen LogP) is 6.01. The summed E-state index contributed by atoms with van der Waals surface area (Å²) in [6.45, 7) is 3.84. The second-order valence-corrected chi connectivity index (χ2v) is 8.71. The normalized spacial score (nSPS) is 16.5. The molecule has 2 aromatic rings. The quantitative estimate of drug-likeness (QED) is 0.424. The Bertz CT molecular complexity index is 862. The van der Waals surface area contributed by atoms with Crippen molar-refractivity contribution >= 4 is 5.91 Å². The zero-order chi connectivity index (χ0) is 23.8. The van der Waals surface area contributed by atoms with Gasteiger partial charge in [0, 0.05) is 19.5 Å². The summed E-state index contributed by atoms with van der Waals surface area (Å²) < 4.78 is 52.1. The van der Waals surface area contributed by atoms with Gasteiger partial charge in [0.05, 0.1) is 12.0 Å². The van der Waals surface area contributed by atoms with Crippen molar-refractivity contribution in [3.05, 3.63) is 71.5 Å². The summed E-state index contributed by atoms with van der Waals surface area (Å²) in [6.07, 6.45) is -2.36. The molecule has 0 radical (unpaired) electrons.